The highest BCUT2D eigenvalue weighted by molar-refractivity contribution is 7.79. The van der Waals surface area contributed by atoms with Gasteiger partial charge in [0, 0.05) is 43.4 Å². The lowest BCUT2D eigenvalue weighted by Gasteiger charge is -2.36. The van der Waals surface area contributed by atoms with Gasteiger partial charge in [0.15, 0.2) is 17.7 Å². The Morgan fingerprint density at radius 2 is 1.76 bits per heavy atom. The molecule has 2 aromatic carbocycles. The number of hydrogen-bond acceptors (Lipinski definition) is 5. The number of nitrogens with zero attached hydrogens (tertiary/aromatic N) is 3. The third kappa shape index (κ3) is 5.09. The van der Waals surface area contributed by atoms with Gasteiger partial charge in [0.25, 0.3) is 5.91 Å². The van der Waals surface area contributed by atoms with Crippen molar-refractivity contribution in [3.05, 3.63) is 60.3 Å². The lowest BCUT2D eigenvalue weighted by Crippen LogP contribution is -2.50. The van der Waals surface area contributed by atoms with Crippen LogP contribution in [0.15, 0.2) is 59.6 Å². The van der Waals surface area contributed by atoms with Crippen molar-refractivity contribution in [2.75, 3.05) is 37.7 Å². The Bertz CT molecular complexity index is 1180. The number of para-hydroxylation sites is 1. The fourth-order valence-electron chi connectivity index (χ4n) is 3.72. The van der Waals surface area contributed by atoms with Gasteiger partial charge >= 0.3 is 6.18 Å². The minimum atomic E-state index is -4.55. The fourth-order valence-corrected chi connectivity index (χ4v) is 4.09. The molecule has 1 aliphatic heterocycles. The van der Waals surface area contributed by atoms with Crippen molar-refractivity contribution >= 4 is 33.6 Å². The topological polar surface area (TPSA) is 83.0 Å². The molecule has 1 unspecified atom stereocenters. The highest BCUT2D eigenvalue weighted by Crippen LogP contribution is 2.36. The Morgan fingerprint density at radius 3 is 2.39 bits per heavy atom. The average molecular weight is 479 g/mol. The zero-order valence-electron chi connectivity index (χ0n) is 17.3. The highest BCUT2D eigenvalue weighted by atomic mass is 32.2. The van der Waals surface area contributed by atoms with Crippen molar-refractivity contribution in [3.63, 3.8) is 0 Å². The summed E-state index contributed by atoms with van der Waals surface area (Å²) >= 11 is -2.03. The van der Waals surface area contributed by atoms with Gasteiger partial charge in [-0.2, -0.15) is 13.2 Å². The van der Waals surface area contributed by atoms with E-state index in [4.69, 9.17) is 9.29 Å². The molecule has 0 bridgehead atoms. The maximum Gasteiger partial charge on any atom is 0.418 e. The summed E-state index contributed by atoms with van der Waals surface area (Å²) in [4.78, 5) is 20.5. The number of carbonyl (C=O) groups excluding carboxylic acids is 1. The standard InChI is InChI=1S/C22H20F3N3O4S/c23-22(24,25)18-3-1-2-17-19(8-9-26-21(17)18)32-14-20(29)28-12-10-27(11-13-28)15-4-6-16(7-5-15)33(30)31/h1-9H,10-14H2,(H,30,31). The lowest BCUT2D eigenvalue weighted by molar-refractivity contribution is -0.136. The number of aromatic nitrogens is 1. The molecule has 7 nitrogen and oxygen atoms in total. The van der Waals surface area contributed by atoms with Gasteiger partial charge in [-0.3, -0.25) is 9.78 Å². The quantitative estimate of drug-likeness (QED) is 0.564. The first-order chi connectivity index (χ1) is 15.7. The molecule has 0 radical (unpaired) electrons. The first-order valence-corrected chi connectivity index (χ1v) is 11.2. The number of carbonyl (C=O) groups is 1. The number of alkyl halides is 3. The number of fused-ring (bicyclic) bond motifs is 1. The van der Waals surface area contributed by atoms with E-state index in [2.05, 4.69) is 9.88 Å². The molecule has 0 aliphatic carbocycles. The second-order valence-electron chi connectivity index (χ2n) is 7.41. The first-order valence-electron chi connectivity index (χ1n) is 10.1. The molecule has 0 spiro atoms. The molecule has 174 valence electrons. The number of piperazine rings is 1. The second kappa shape index (κ2) is 9.36. The van der Waals surface area contributed by atoms with Gasteiger partial charge in [0.1, 0.15) is 5.75 Å². The zero-order valence-corrected chi connectivity index (χ0v) is 18.1. The molecular formula is C22H20F3N3O4S. The Labute approximate surface area is 190 Å². The normalized spacial score (nSPS) is 15.5. The van der Waals surface area contributed by atoms with Crippen molar-refractivity contribution in [1.82, 2.24) is 9.88 Å². The number of anilines is 1. The molecule has 0 saturated carbocycles. The van der Waals surface area contributed by atoms with E-state index in [-0.39, 0.29) is 29.2 Å². The summed E-state index contributed by atoms with van der Waals surface area (Å²) in [5.74, 6) is -0.0999. The van der Waals surface area contributed by atoms with Crippen LogP contribution >= 0.6 is 0 Å². The summed E-state index contributed by atoms with van der Waals surface area (Å²) < 4.78 is 65.5. The maximum absolute atomic E-state index is 13.2. The Balaban J connectivity index is 1.37. The number of pyridine rings is 1. The number of amides is 1. The largest absolute Gasteiger partial charge is 0.483 e. The number of ether oxygens (including phenoxy) is 1. The summed E-state index contributed by atoms with van der Waals surface area (Å²) in [6.45, 7) is 1.74. The number of benzene rings is 2. The summed E-state index contributed by atoms with van der Waals surface area (Å²) in [5, 5.41) is 0.192. The number of hydrogen-bond donors (Lipinski definition) is 1. The first kappa shape index (κ1) is 23.0. The van der Waals surface area contributed by atoms with Crippen molar-refractivity contribution in [2.24, 2.45) is 0 Å². The third-order valence-corrected chi connectivity index (χ3v) is 6.10. The van der Waals surface area contributed by atoms with E-state index in [9.17, 15) is 22.2 Å². The van der Waals surface area contributed by atoms with Gasteiger partial charge in [-0.15, -0.1) is 0 Å². The molecule has 4 rings (SSSR count). The van der Waals surface area contributed by atoms with Crippen LogP contribution in [0.25, 0.3) is 10.9 Å². The third-order valence-electron chi connectivity index (χ3n) is 5.42. The maximum atomic E-state index is 13.2. The molecular weight excluding hydrogens is 459 g/mol. The van der Waals surface area contributed by atoms with Crippen LogP contribution in [0.5, 0.6) is 5.75 Å². The monoisotopic (exact) mass is 479 g/mol. The van der Waals surface area contributed by atoms with Crippen molar-refractivity contribution in [3.8, 4) is 5.75 Å². The van der Waals surface area contributed by atoms with Crippen molar-refractivity contribution < 1.29 is 31.5 Å². The molecule has 1 saturated heterocycles. The fraction of sp³-hybridized carbons (Fsp3) is 0.273. The molecule has 1 atom stereocenters. The van der Waals surface area contributed by atoms with E-state index in [1.165, 1.54) is 24.4 Å². The van der Waals surface area contributed by atoms with E-state index < -0.39 is 22.8 Å². The van der Waals surface area contributed by atoms with Crippen molar-refractivity contribution in [1.29, 1.82) is 0 Å². The molecule has 1 amide bonds. The predicted molar refractivity (Wildman–Crippen MR) is 117 cm³/mol. The number of rotatable bonds is 5. The number of halogens is 3. The molecule has 1 N–H and O–H groups in total. The molecule has 33 heavy (non-hydrogen) atoms. The molecule has 1 aromatic heterocycles. The Kier molecular flexibility index (Phi) is 6.52. The molecule has 3 aromatic rings. The highest BCUT2D eigenvalue weighted by Gasteiger charge is 2.33. The summed E-state index contributed by atoms with van der Waals surface area (Å²) in [6, 6.07) is 11.8. The van der Waals surface area contributed by atoms with Gasteiger partial charge in [-0.05, 0) is 42.5 Å². The minimum absolute atomic E-state index is 0.166. The summed E-state index contributed by atoms with van der Waals surface area (Å²) in [7, 11) is 0. The predicted octanol–water partition coefficient (Wildman–Crippen LogP) is 3.56. The van der Waals surface area contributed by atoms with Gasteiger partial charge < -0.3 is 19.1 Å². The van der Waals surface area contributed by atoms with Crippen molar-refractivity contribution in [2.45, 2.75) is 11.1 Å². The van der Waals surface area contributed by atoms with Crippen LogP contribution in [0.2, 0.25) is 0 Å². The Hall–Kier alpha value is -3.18. The van der Waals surface area contributed by atoms with Crippen LogP contribution in [0.4, 0.5) is 18.9 Å². The van der Waals surface area contributed by atoms with Crippen LogP contribution in [0.1, 0.15) is 5.56 Å². The van der Waals surface area contributed by atoms with Crippen LogP contribution < -0.4 is 9.64 Å². The molecule has 11 heteroatoms. The molecule has 1 fully saturated rings. The van der Waals surface area contributed by atoms with E-state index >= 15 is 0 Å². The molecule has 2 heterocycles. The van der Waals surface area contributed by atoms with Crippen LogP contribution in [-0.2, 0) is 22.1 Å². The lowest BCUT2D eigenvalue weighted by atomic mass is 10.1. The van der Waals surface area contributed by atoms with E-state index in [0.29, 0.717) is 31.1 Å². The summed E-state index contributed by atoms with van der Waals surface area (Å²) in [5.41, 5.74) is -0.193. The van der Waals surface area contributed by atoms with Gasteiger partial charge in [0.2, 0.25) is 0 Å². The molecule has 1 aliphatic rings. The van der Waals surface area contributed by atoms with Gasteiger partial charge in [-0.1, -0.05) is 6.07 Å². The average Bonchev–Trinajstić information content (AvgIpc) is 2.81. The smallest absolute Gasteiger partial charge is 0.418 e. The van der Waals surface area contributed by atoms with Crippen LogP contribution in [-0.4, -0.2) is 57.3 Å². The van der Waals surface area contributed by atoms with E-state index in [0.717, 1.165) is 11.8 Å². The van der Waals surface area contributed by atoms with Gasteiger partial charge in [0.05, 0.1) is 16.0 Å². The minimum Gasteiger partial charge on any atom is -0.483 e. The van der Waals surface area contributed by atoms with E-state index in [1.54, 1.807) is 29.2 Å². The summed E-state index contributed by atoms with van der Waals surface area (Å²) in [6.07, 6.45) is -3.32. The van der Waals surface area contributed by atoms with Crippen LogP contribution in [0, 0.1) is 0 Å². The Morgan fingerprint density at radius 1 is 1.06 bits per heavy atom. The SMILES string of the molecule is O=C(COc1ccnc2c(C(F)(F)F)cccc12)N1CCN(c2ccc(S(=O)O)cc2)CC1. The van der Waals surface area contributed by atoms with Gasteiger partial charge in [-0.25, -0.2) is 4.21 Å². The zero-order chi connectivity index (χ0) is 23.6. The van der Waals surface area contributed by atoms with Crippen LogP contribution in [0.3, 0.4) is 0 Å². The van der Waals surface area contributed by atoms with E-state index in [1.807, 2.05) is 0 Å². The second-order valence-corrected chi connectivity index (χ2v) is 8.38.